The first-order valence-corrected chi connectivity index (χ1v) is 7.68. The molecule has 0 aliphatic carbocycles. The van der Waals surface area contributed by atoms with E-state index in [1.807, 2.05) is 11.8 Å². The summed E-state index contributed by atoms with van der Waals surface area (Å²) >= 11 is 1.93. The monoisotopic (exact) mass is 296 g/mol. The van der Waals surface area contributed by atoms with E-state index in [0.29, 0.717) is 35.2 Å². The zero-order chi connectivity index (χ0) is 14.5. The lowest BCUT2D eigenvalue weighted by Crippen LogP contribution is -2.30. The molecule has 1 aliphatic heterocycles. The quantitative estimate of drug-likeness (QED) is 0.810. The summed E-state index contributed by atoms with van der Waals surface area (Å²) in [6.45, 7) is 0.685. The van der Waals surface area contributed by atoms with Crippen LogP contribution in [0.15, 0.2) is 12.1 Å². The fourth-order valence-corrected chi connectivity index (χ4v) is 3.44. The summed E-state index contributed by atoms with van der Waals surface area (Å²) in [4.78, 5) is 12.2. The minimum absolute atomic E-state index is 0.184. The number of carbonyl (C=O) groups excluding carboxylic acids is 1. The Bertz CT molecular complexity index is 488. The number of rotatable bonds is 5. The van der Waals surface area contributed by atoms with Crippen LogP contribution in [0, 0.1) is 5.92 Å². The van der Waals surface area contributed by atoms with E-state index in [1.165, 1.54) is 12.9 Å². The molecule has 1 aromatic rings. The van der Waals surface area contributed by atoms with Crippen molar-refractivity contribution < 1.29 is 14.3 Å². The molecule has 1 aromatic carbocycles. The number of nitrogens with two attached hydrogens (primary N) is 1. The van der Waals surface area contributed by atoms with Gasteiger partial charge in [0.2, 0.25) is 0 Å². The minimum atomic E-state index is -0.184. The number of anilines is 1. The van der Waals surface area contributed by atoms with Gasteiger partial charge in [0.15, 0.2) is 0 Å². The van der Waals surface area contributed by atoms with E-state index in [1.54, 1.807) is 19.2 Å². The van der Waals surface area contributed by atoms with E-state index in [2.05, 4.69) is 5.32 Å². The predicted molar refractivity (Wildman–Crippen MR) is 81.7 cm³/mol. The number of benzene rings is 1. The molecular formula is C14H20N2O3S. The Morgan fingerprint density at radius 2 is 2.25 bits per heavy atom. The van der Waals surface area contributed by atoms with Crippen LogP contribution in [-0.4, -0.2) is 38.2 Å². The molecule has 5 nitrogen and oxygen atoms in total. The van der Waals surface area contributed by atoms with Crippen molar-refractivity contribution in [1.82, 2.24) is 5.32 Å². The highest BCUT2D eigenvalue weighted by atomic mass is 32.2. The minimum Gasteiger partial charge on any atom is -0.497 e. The first-order valence-electron chi connectivity index (χ1n) is 6.53. The normalized spacial score (nSPS) is 17.8. The van der Waals surface area contributed by atoms with E-state index in [4.69, 9.17) is 15.2 Å². The van der Waals surface area contributed by atoms with Crippen molar-refractivity contribution >= 4 is 23.4 Å². The molecule has 0 radical (unpaired) electrons. The molecule has 3 N–H and O–H groups in total. The Labute approximate surface area is 123 Å². The van der Waals surface area contributed by atoms with Crippen LogP contribution >= 0.6 is 11.8 Å². The van der Waals surface area contributed by atoms with Gasteiger partial charge in [0.25, 0.3) is 5.91 Å². The molecule has 110 valence electrons. The lowest BCUT2D eigenvalue weighted by molar-refractivity contribution is 0.0949. The van der Waals surface area contributed by atoms with E-state index in [9.17, 15) is 4.79 Å². The van der Waals surface area contributed by atoms with Crippen molar-refractivity contribution in [3.63, 3.8) is 0 Å². The van der Waals surface area contributed by atoms with Crippen molar-refractivity contribution in [3.05, 3.63) is 17.7 Å². The number of nitrogen functional groups attached to an aromatic ring is 1. The third-order valence-electron chi connectivity index (χ3n) is 3.39. The molecule has 0 saturated carbocycles. The Balaban J connectivity index is 2.11. The average molecular weight is 296 g/mol. The molecule has 0 spiro atoms. The number of hydrogen-bond acceptors (Lipinski definition) is 5. The third kappa shape index (κ3) is 3.30. The number of hydrogen-bond donors (Lipinski definition) is 2. The van der Waals surface area contributed by atoms with Gasteiger partial charge in [-0.2, -0.15) is 11.8 Å². The van der Waals surface area contributed by atoms with Gasteiger partial charge in [-0.05, 0) is 29.9 Å². The van der Waals surface area contributed by atoms with Crippen LogP contribution in [-0.2, 0) is 0 Å². The molecule has 1 saturated heterocycles. The SMILES string of the molecule is COc1cc(OC)c(N)c(C(=O)NCC2CCSC2)c1. The second kappa shape index (κ2) is 6.74. The number of amides is 1. The lowest BCUT2D eigenvalue weighted by Gasteiger charge is -2.14. The number of ether oxygens (including phenoxy) is 2. The summed E-state index contributed by atoms with van der Waals surface area (Å²) in [7, 11) is 3.06. The summed E-state index contributed by atoms with van der Waals surface area (Å²) in [6.07, 6.45) is 1.15. The Hall–Kier alpha value is -1.56. The zero-order valence-electron chi connectivity index (χ0n) is 11.8. The van der Waals surface area contributed by atoms with Crippen LogP contribution < -0.4 is 20.5 Å². The van der Waals surface area contributed by atoms with Crippen molar-refractivity contribution in [3.8, 4) is 11.5 Å². The van der Waals surface area contributed by atoms with Gasteiger partial charge in [0, 0.05) is 12.6 Å². The van der Waals surface area contributed by atoms with Crippen LogP contribution in [0.5, 0.6) is 11.5 Å². The number of methoxy groups -OCH3 is 2. The van der Waals surface area contributed by atoms with Crippen LogP contribution in [0.3, 0.4) is 0 Å². The van der Waals surface area contributed by atoms with E-state index >= 15 is 0 Å². The van der Waals surface area contributed by atoms with Gasteiger partial charge >= 0.3 is 0 Å². The highest BCUT2D eigenvalue weighted by Crippen LogP contribution is 2.31. The molecule has 1 unspecified atom stereocenters. The van der Waals surface area contributed by atoms with Gasteiger partial charge in [-0.3, -0.25) is 4.79 Å². The maximum Gasteiger partial charge on any atom is 0.253 e. The van der Waals surface area contributed by atoms with Gasteiger partial charge in [-0.25, -0.2) is 0 Å². The highest BCUT2D eigenvalue weighted by molar-refractivity contribution is 7.99. The fourth-order valence-electron chi connectivity index (χ4n) is 2.15. The lowest BCUT2D eigenvalue weighted by atomic mass is 10.1. The van der Waals surface area contributed by atoms with E-state index < -0.39 is 0 Å². The molecule has 6 heteroatoms. The number of thioether (sulfide) groups is 1. The second-order valence-corrected chi connectivity index (χ2v) is 5.88. The molecule has 0 bridgehead atoms. The Morgan fingerprint density at radius 1 is 1.45 bits per heavy atom. The van der Waals surface area contributed by atoms with Crippen molar-refractivity contribution in [2.75, 3.05) is 38.0 Å². The standard InChI is InChI=1S/C14H20N2O3S/c1-18-10-5-11(13(15)12(6-10)19-2)14(17)16-7-9-3-4-20-8-9/h5-6,9H,3-4,7-8,15H2,1-2H3,(H,16,17). The average Bonchev–Trinajstić information content (AvgIpc) is 2.98. The molecule has 0 aromatic heterocycles. The summed E-state index contributed by atoms with van der Waals surface area (Å²) in [6, 6.07) is 3.30. The largest absolute Gasteiger partial charge is 0.497 e. The van der Waals surface area contributed by atoms with Gasteiger partial charge < -0.3 is 20.5 Å². The first-order chi connectivity index (χ1) is 9.65. The molecule has 1 atom stereocenters. The maximum absolute atomic E-state index is 12.2. The summed E-state index contributed by atoms with van der Waals surface area (Å²) in [5.41, 5.74) is 6.69. The Morgan fingerprint density at radius 3 is 2.85 bits per heavy atom. The van der Waals surface area contributed by atoms with Crippen LogP contribution in [0.4, 0.5) is 5.69 Å². The van der Waals surface area contributed by atoms with Crippen molar-refractivity contribution in [1.29, 1.82) is 0 Å². The van der Waals surface area contributed by atoms with Crippen LogP contribution in [0.2, 0.25) is 0 Å². The number of nitrogens with one attached hydrogen (secondary N) is 1. The second-order valence-electron chi connectivity index (χ2n) is 4.73. The van der Waals surface area contributed by atoms with E-state index in [0.717, 1.165) is 12.2 Å². The van der Waals surface area contributed by atoms with Crippen molar-refractivity contribution in [2.24, 2.45) is 5.92 Å². The molecule has 20 heavy (non-hydrogen) atoms. The van der Waals surface area contributed by atoms with Crippen LogP contribution in [0.25, 0.3) is 0 Å². The molecule has 1 heterocycles. The molecule has 2 rings (SSSR count). The maximum atomic E-state index is 12.2. The zero-order valence-corrected chi connectivity index (χ0v) is 12.6. The van der Waals surface area contributed by atoms with Crippen LogP contribution in [0.1, 0.15) is 16.8 Å². The van der Waals surface area contributed by atoms with Gasteiger partial charge in [0.05, 0.1) is 25.5 Å². The molecule has 1 aliphatic rings. The molecular weight excluding hydrogens is 276 g/mol. The topological polar surface area (TPSA) is 73.6 Å². The highest BCUT2D eigenvalue weighted by Gasteiger charge is 2.19. The summed E-state index contributed by atoms with van der Waals surface area (Å²) < 4.78 is 10.3. The Kier molecular flexibility index (Phi) is 5.00. The van der Waals surface area contributed by atoms with E-state index in [-0.39, 0.29) is 5.91 Å². The van der Waals surface area contributed by atoms with Gasteiger partial charge in [-0.15, -0.1) is 0 Å². The number of carbonyl (C=O) groups is 1. The molecule has 1 fully saturated rings. The smallest absolute Gasteiger partial charge is 0.253 e. The first kappa shape index (κ1) is 14.8. The predicted octanol–water partition coefficient (Wildman–Crippen LogP) is 1.77. The van der Waals surface area contributed by atoms with Gasteiger partial charge in [0.1, 0.15) is 11.5 Å². The summed E-state index contributed by atoms with van der Waals surface area (Å²) in [5.74, 6) is 3.66. The molecule has 1 amide bonds. The third-order valence-corrected chi connectivity index (χ3v) is 4.62. The van der Waals surface area contributed by atoms with Crippen molar-refractivity contribution in [2.45, 2.75) is 6.42 Å². The van der Waals surface area contributed by atoms with Gasteiger partial charge in [-0.1, -0.05) is 0 Å². The fraction of sp³-hybridized carbons (Fsp3) is 0.500. The summed E-state index contributed by atoms with van der Waals surface area (Å²) in [5, 5.41) is 2.94.